The second-order valence-corrected chi connectivity index (χ2v) is 22.3. The lowest BCUT2D eigenvalue weighted by Crippen LogP contribution is -2.48. The van der Waals surface area contributed by atoms with Gasteiger partial charge in [0.2, 0.25) is 0 Å². The molecule has 0 bridgehead atoms. The van der Waals surface area contributed by atoms with Gasteiger partial charge < -0.3 is 18.3 Å². The number of rotatable bonds is 8. The first-order valence-electron chi connectivity index (χ1n) is 12.1. The van der Waals surface area contributed by atoms with E-state index in [-0.39, 0.29) is 22.3 Å². The molecule has 178 valence electrons. The molecule has 2 rings (SSSR count). The van der Waals surface area contributed by atoms with E-state index < -0.39 is 16.6 Å². The Balaban J connectivity index is 2.00. The SMILES string of the molecule is C[C@H]1CCOC2CC(CC[C@H](CO[Si](C)(C)C(C)(C)C)O[Si](C)(C)C(C)(C)C)OC21. The van der Waals surface area contributed by atoms with Crippen molar-refractivity contribution < 1.29 is 18.3 Å². The highest BCUT2D eigenvalue weighted by molar-refractivity contribution is 6.74. The van der Waals surface area contributed by atoms with Crippen LogP contribution in [0.1, 0.15) is 74.1 Å². The van der Waals surface area contributed by atoms with E-state index >= 15 is 0 Å². The van der Waals surface area contributed by atoms with E-state index in [1.54, 1.807) is 0 Å². The zero-order valence-corrected chi connectivity index (χ0v) is 23.8. The number of hydrogen-bond acceptors (Lipinski definition) is 4. The van der Waals surface area contributed by atoms with Gasteiger partial charge in [0.05, 0.1) is 31.0 Å². The second-order valence-electron chi connectivity index (χ2n) is 12.8. The largest absolute Gasteiger partial charge is 0.414 e. The van der Waals surface area contributed by atoms with Crippen LogP contribution in [0.3, 0.4) is 0 Å². The third kappa shape index (κ3) is 6.64. The summed E-state index contributed by atoms with van der Waals surface area (Å²) in [5.41, 5.74) is 0. The summed E-state index contributed by atoms with van der Waals surface area (Å²) in [4.78, 5) is 0. The van der Waals surface area contributed by atoms with Crippen LogP contribution < -0.4 is 0 Å². The molecule has 0 aromatic heterocycles. The molecule has 0 amide bonds. The fourth-order valence-electron chi connectivity index (χ4n) is 3.84. The monoisotopic (exact) mass is 458 g/mol. The molecule has 2 aliphatic rings. The smallest absolute Gasteiger partial charge is 0.192 e. The Hall–Kier alpha value is 0.274. The Morgan fingerprint density at radius 2 is 1.57 bits per heavy atom. The maximum absolute atomic E-state index is 6.86. The number of ether oxygens (including phenoxy) is 2. The molecule has 30 heavy (non-hydrogen) atoms. The van der Waals surface area contributed by atoms with Gasteiger partial charge in [-0.05, 0) is 61.4 Å². The minimum atomic E-state index is -1.86. The molecule has 4 nitrogen and oxygen atoms in total. The molecule has 2 heterocycles. The number of fused-ring (bicyclic) bond motifs is 1. The highest BCUT2D eigenvalue weighted by Crippen LogP contribution is 2.40. The Morgan fingerprint density at radius 3 is 2.10 bits per heavy atom. The summed E-state index contributed by atoms with van der Waals surface area (Å²) in [5.74, 6) is 0.606. The summed E-state index contributed by atoms with van der Waals surface area (Å²) in [6.07, 6.45) is 5.19. The molecular formula is C24H50O4Si2. The standard InChI is InChI=1S/C24H50O4Si2/c1-18-14-15-25-21-16-19(27-22(18)21)12-13-20(28-30(10,11)24(5,6)7)17-26-29(8,9)23(2,3)4/h18-22H,12-17H2,1-11H3/t18-,19?,20+,21?,22?/m0/s1. The van der Waals surface area contributed by atoms with Crippen LogP contribution >= 0.6 is 0 Å². The summed E-state index contributed by atoms with van der Waals surface area (Å²) < 4.78 is 25.9. The van der Waals surface area contributed by atoms with Gasteiger partial charge >= 0.3 is 0 Å². The van der Waals surface area contributed by atoms with E-state index in [4.69, 9.17) is 18.3 Å². The predicted molar refractivity (Wildman–Crippen MR) is 131 cm³/mol. The Morgan fingerprint density at radius 1 is 0.967 bits per heavy atom. The van der Waals surface area contributed by atoms with Crippen molar-refractivity contribution in [3.8, 4) is 0 Å². The van der Waals surface area contributed by atoms with E-state index in [1.807, 2.05) is 0 Å². The van der Waals surface area contributed by atoms with Crippen LogP contribution in [-0.4, -0.2) is 54.3 Å². The summed E-state index contributed by atoms with van der Waals surface area (Å²) in [7, 11) is -3.66. The zero-order valence-electron chi connectivity index (χ0n) is 21.8. The predicted octanol–water partition coefficient (Wildman–Crippen LogP) is 6.76. The first-order valence-corrected chi connectivity index (χ1v) is 17.9. The lowest BCUT2D eigenvalue weighted by Gasteiger charge is -2.41. The zero-order chi connectivity index (χ0) is 23.0. The first-order chi connectivity index (χ1) is 13.5. The molecule has 0 aromatic carbocycles. The van der Waals surface area contributed by atoms with Crippen molar-refractivity contribution >= 4 is 16.6 Å². The van der Waals surface area contributed by atoms with Crippen molar-refractivity contribution in [3.63, 3.8) is 0 Å². The molecule has 0 saturated carbocycles. The molecule has 0 aliphatic carbocycles. The summed E-state index contributed by atoms with van der Waals surface area (Å²) in [6.45, 7) is 27.1. The van der Waals surface area contributed by atoms with Gasteiger partial charge in [-0.2, -0.15) is 0 Å². The molecule has 2 aliphatic heterocycles. The molecule has 0 aromatic rings. The van der Waals surface area contributed by atoms with Gasteiger partial charge in [-0.3, -0.25) is 0 Å². The lowest BCUT2D eigenvalue weighted by atomic mass is 9.93. The van der Waals surface area contributed by atoms with Crippen LogP contribution in [-0.2, 0) is 18.3 Å². The van der Waals surface area contributed by atoms with Gasteiger partial charge in [0.15, 0.2) is 16.6 Å². The quantitative estimate of drug-likeness (QED) is 0.376. The van der Waals surface area contributed by atoms with Gasteiger partial charge in [-0.15, -0.1) is 0 Å². The maximum Gasteiger partial charge on any atom is 0.192 e. The van der Waals surface area contributed by atoms with Crippen molar-refractivity contribution in [2.75, 3.05) is 13.2 Å². The van der Waals surface area contributed by atoms with Crippen molar-refractivity contribution in [1.82, 2.24) is 0 Å². The number of hydrogen-bond donors (Lipinski definition) is 0. The van der Waals surface area contributed by atoms with Crippen molar-refractivity contribution in [2.45, 2.75) is 135 Å². The van der Waals surface area contributed by atoms with Crippen molar-refractivity contribution in [2.24, 2.45) is 5.92 Å². The van der Waals surface area contributed by atoms with E-state index in [2.05, 4.69) is 74.7 Å². The molecule has 6 heteroatoms. The molecule has 5 atom stereocenters. The molecule has 0 spiro atoms. The highest BCUT2D eigenvalue weighted by atomic mass is 28.4. The van der Waals surface area contributed by atoms with E-state index in [1.165, 1.54) is 0 Å². The van der Waals surface area contributed by atoms with Crippen LogP contribution in [0.25, 0.3) is 0 Å². The minimum absolute atomic E-state index is 0.143. The first kappa shape index (κ1) is 26.5. The van der Waals surface area contributed by atoms with Gasteiger partial charge in [-0.25, -0.2) is 0 Å². The topological polar surface area (TPSA) is 36.9 Å². The summed E-state index contributed by atoms with van der Waals surface area (Å²) in [6, 6.07) is 0. The lowest BCUT2D eigenvalue weighted by molar-refractivity contribution is -0.0879. The molecule has 0 radical (unpaired) electrons. The second kappa shape index (κ2) is 9.64. The maximum atomic E-state index is 6.86. The molecular weight excluding hydrogens is 408 g/mol. The Labute approximate surface area is 189 Å². The third-order valence-corrected chi connectivity index (χ3v) is 17.2. The van der Waals surface area contributed by atoms with Crippen LogP contribution in [0.5, 0.6) is 0 Å². The van der Waals surface area contributed by atoms with E-state index in [0.717, 1.165) is 32.3 Å². The summed E-state index contributed by atoms with van der Waals surface area (Å²) in [5, 5.41) is 0.413. The molecule has 2 saturated heterocycles. The normalized spacial score (nSPS) is 29.7. The molecule has 3 unspecified atom stereocenters. The third-order valence-electron chi connectivity index (χ3n) is 8.19. The van der Waals surface area contributed by atoms with Crippen LogP contribution in [0.15, 0.2) is 0 Å². The van der Waals surface area contributed by atoms with Gasteiger partial charge in [0.25, 0.3) is 0 Å². The van der Waals surface area contributed by atoms with Gasteiger partial charge in [0.1, 0.15) is 0 Å². The van der Waals surface area contributed by atoms with Crippen LogP contribution in [0, 0.1) is 5.92 Å². The average molecular weight is 459 g/mol. The fraction of sp³-hybridized carbons (Fsp3) is 1.00. The highest BCUT2D eigenvalue weighted by Gasteiger charge is 2.43. The van der Waals surface area contributed by atoms with E-state index in [0.29, 0.717) is 24.7 Å². The Bertz CT molecular complexity index is 550. The minimum Gasteiger partial charge on any atom is -0.414 e. The van der Waals surface area contributed by atoms with Gasteiger partial charge in [0, 0.05) is 13.0 Å². The molecule has 0 N–H and O–H groups in total. The fourth-order valence-corrected chi connectivity index (χ4v) is 6.25. The van der Waals surface area contributed by atoms with Gasteiger partial charge in [-0.1, -0.05) is 48.5 Å². The van der Waals surface area contributed by atoms with E-state index in [9.17, 15) is 0 Å². The van der Waals surface area contributed by atoms with Crippen molar-refractivity contribution in [3.05, 3.63) is 0 Å². The summed E-state index contributed by atoms with van der Waals surface area (Å²) >= 11 is 0. The van der Waals surface area contributed by atoms with Crippen molar-refractivity contribution in [1.29, 1.82) is 0 Å². The molecule has 2 fully saturated rings. The van der Waals surface area contributed by atoms with Crippen LogP contribution in [0.2, 0.25) is 36.3 Å². The average Bonchev–Trinajstić information content (AvgIpc) is 2.99. The Kier molecular flexibility index (Phi) is 8.52. The van der Waals surface area contributed by atoms with Crippen LogP contribution in [0.4, 0.5) is 0 Å².